The van der Waals surface area contributed by atoms with E-state index in [0.29, 0.717) is 6.04 Å². The van der Waals surface area contributed by atoms with Crippen molar-refractivity contribution in [1.82, 2.24) is 29.9 Å². The first-order valence-corrected chi connectivity index (χ1v) is 9.99. The molecule has 26 heavy (non-hydrogen) atoms. The van der Waals surface area contributed by atoms with E-state index in [2.05, 4.69) is 47.9 Å². The summed E-state index contributed by atoms with van der Waals surface area (Å²) in [5.74, 6) is 3.35. The third kappa shape index (κ3) is 2.88. The largest absolute Gasteiger partial charge is 0.352 e. The van der Waals surface area contributed by atoms with E-state index in [9.17, 15) is 0 Å². The molecule has 0 bridgehead atoms. The van der Waals surface area contributed by atoms with Gasteiger partial charge in [0, 0.05) is 32.1 Å². The van der Waals surface area contributed by atoms with Gasteiger partial charge in [0.15, 0.2) is 5.82 Å². The highest BCUT2D eigenvalue weighted by Crippen LogP contribution is 2.27. The highest BCUT2D eigenvalue weighted by atomic mass is 15.4. The molecule has 0 saturated carbocycles. The summed E-state index contributed by atoms with van der Waals surface area (Å²) in [7, 11) is 2.20. The van der Waals surface area contributed by atoms with Gasteiger partial charge in [-0.1, -0.05) is 6.42 Å². The van der Waals surface area contributed by atoms with Crippen LogP contribution in [0.15, 0.2) is 6.07 Å². The molecular weight excluding hydrogens is 326 g/mol. The summed E-state index contributed by atoms with van der Waals surface area (Å²) in [5, 5.41) is 17.8. The number of nitrogens with zero attached hydrogens (tertiary/aromatic N) is 7. The van der Waals surface area contributed by atoms with Gasteiger partial charge in [0.25, 0.3) is 0 Å². The first-order valence-electron chi connectivity index (χ1n) is 9.99. The van der Waals surface area contributed by atoms with Crippen molar-refractivity contribution in [3.8, 4) is 0 Å². The second-order valence-electron chi connectivity index (χ2n) is 8.00. The van der Waals surface area contributed by atoms with E-state index in [4.69, 9.17) is 0 Å². The topological polar surface area (TPSA) is 63.0 Å². The second kappa shape index (κ2) is 6.61. The lowest BCUT2D eigenvalue weighted by Gasteiger charge is -2.44. The van der Waals surface area contributed by atoms with Crippen LogP contribution in [0.3, 0.4) is 0 Å². The standard InChI is InChI=1S/C19H27N7/c1-24(13-19-23-21-17-8-3-2-4-9-26(17)19)15-11-25(12-15)18-10-14-6-5-7-16(14)20-22-18/h10,15H,2-9,11-13H2,1H3. The fourth-order valence-electron chi connectivity index (χ4n) is 4.41. The average Bonchev–Trinajstić information content (AvgIpc) is 3.13. The summed E-state index contributed by atoms with van der Waals surface area (Å²) in [4.78, 5) is 4.76. The molecule has 0 amide bonds. The highest BCUT2D eigenvalue weighted by molar-refractivity contribution is 5.45. The number of hydrogen-bond donors (Lipinski definition) is 0. The quantitative estimate of drug-likeness (QED) is 0.832. The Labute approximate surface area is 154 Å². The molecule has 2 aromatic rings. The van der Waals surface area contributed by atoms with Gasteiger partial charge in [-0.2, -0.15) is 5.10 Å². The molecule has 0 aromatic carbocycles. The molecule has 0 N–H and O–H groups in total. The number of fused-ring (bicyclic) bond motifs is 2. The molecule has 0 spiro atoms. The van der Waals surface area contributed by atoms with Gasteiger partial charge in [-0.05, 0) is 50.8 Å². The normalized spacial score (nSPS) is 20.0. The zero-order valence-corrected chi connectivity index (χ0v) is 15.6. The summed E-state index contributed by atoms with van der Waals surface area (Å²) in [5.41, 5.74) is 2.60. The molecule has 1 aliphatic carbocycles. The van der Waals surface area contributed by atoms with Crippen molar-refractivity contribution in [3.63, 3.8) is 0 Å². The molecule has 0 radical (unpaired) electrons. The van der Waals surface area contributed by atoms with Crippen molar-refractivity contribution in [1.29, 1.82) is 0 Å². The number of likely N-dealkylation sites (N-methyl/N-ethyl adjacent to an activating group) is 1. The Kier molecular flexibility index (Phi) is 4.11. The number of rotatable bonds is 4. The highest BCUT2D eigenvalue weighted by Gasteiger charge is 2.32. The van der Waals surface area contributed by atoms with E-state index in [1.807, 2.05) is 0 Å². The molecule has 0 unspecified atom stereocenters. The van der Waals surface area contributed by atoms with Crippen LogP contribution < -0.4 is 4.90 Å². The van der Waals surface area contributed by atoms with Gasteiger partial charge in [0.05, 0.1) is 12.2 Å². The van der Waals surface area contributed by atoms with Crippen LogP contribution in [0.2, 0.25) is 0 Å². The molecule has 138 valence electrons. The van der Waals surface area contributed by atoms with E-state index in [-0.39, 0.29) is 0 Å². The Morgan fingerprint density at radius 3 is 2.85 bits per heavy atom. The van der Waals surface area contributed by atoms with Gasteiger partial charge >= 0.3 is 0 Å². The van der Waals surface area contributed by atoms with Crippen LogP contribution in [0.4, 0.5) is 5.82 Å². The summed E-state index contributed by atoms with van der Waals surface area (Å²) >= 11 is 0. The number of hydrogen-bond acceptors (Lipinski definition) is 6. The minimum absolute atomic E-state index is 0.545. The van der Waals surface area contributed by atoms with Crippen molar-refractivity contribution in [2.75, 3.05) is 25.0 Å². The number of anilines is 1. The summed E-state index contributed by atoms with van der Waals surface area (Å²) in [6, 6.07) is 2.80. The second-order valence-corrected chi connectivity index (χ2v) is 8.00. The van der Waals surface area contributed by atoms with Gasteiger partial charge in [-0.15, -0.1) is 15.3 Å². The zero-order valence-electron chi connectivity index (χ0n) is 15.6. The molecule has 2 aromatic heterocycles. The lowest BCUT2D eigenvalue weighted by Crippen LogP contribution is -2.58. The van der Waals surface area contributed by atoms with Gasteiger partial charge in [-0.3, -0.25) is 4.90 Å². The predicted molar refractivity (Wildman–Crippen MR) is 99.1 cm³/mol. The maximum Gasteiger partial charge on any atom is 0.151 e. The fourth-order valence-corrected chi connectivity index (χ4v) is 4.41. The maximum absolute atomic E-state index is 4.47. The fraction of sp³-hybridized carbons (Fsp3) is 0.684. The SMILES string of the molecule is CN(Cc1nnc2n1CCCCC2)C1CN(c2cc3c(nn2)CCC3)C1. The van der Waals surface area contributed by atoms with Crippen LogP contribution in [0.5, 0.6) is 0 Å². The maximum atomic E-state index is 4.47. The molecule has 0 atom stereocenters. The molecular formula is C19H27N7. The minimum Gasteiger partial charge on any atom is -0.352 e. The molecule has 1 fully saturated rings. The van der Waals surface area contributed by atoms with Crippen LogP contribution in [-0.2, 0) is 32.4 Å². The number of aryl methyl sites for hydroxylation is 3. The number of aromatic nitrogens is 5. The van der Waals surface area contributed by atoms with Crippen LogP contribution in [0.1, 0.15) is 48.6 Å². The van der Waals surface area contributed by atoms with E-state index in [1.54, 1.807) is 0 Å². The predicted octanol–water partition coefficient (Wildman–Crippen LogP) is 1.60. The van der Waals surface area contributed by atoms with Gasteiger partial charge in [0.1, 0.15) is 11.6 Å². The van der Waals surface area contributed by atoms with Crippen molar-refractivity contribution < 1.29 is 0 Å². The molecule has 5 rings (SSSR count). The Morgan fingerprint density at radius 1 is 1.00 bits per heavy atom. The monoisotopic (exact) mass is 353 g/mol. The van der Waals surface area contributed by atoms with Crippen molar-refractivity contribution in [2.45, 2.75) is 64.1 Å². The summed E-state index contributed by atoms with van der Waals surface area (Å²) in [6.07, 6.45) is 8.34. The molecule has 3 aliphatic rings. The van der Waals surface area contributed by atoms with Gasteiger partial charge < -0.3 is 9.47 Å². The van der Waals surface area contributed by atoms with Crippen LogP contribution in [-0.4, -0.2) is 56.0 Å². The lowest BCUT2D eigenvalue weighted by atomic mass is 10.1. The van der Waals surface area contributed by atoms with E-state index < -0.39 is 0 Å². The molecule has 7 nitrogen and oxygen atoms in total. The first-order chi connectivity index (χ1) is 12.8. The molecule has 2 aliphatic heterocycles. The van der Waals surface area contributed by atoms with Crippen LogP contribution >= 0.6 is 0 Å². The van der Waals surface area contributed by atoms with Crippen molar-refractivity contribution in [3.05, 3.63) is 29.0 Å². The zero-order chi connectivity index (χ0) is 17.5. The summed E-state index contributed by atoms with van der Waals surface area (Å²) in [6.45, 7) is 3.99. The smallest absolute Gasteiger partial charge is 0.151 e. The van der Waals surface area contributed by atoms with Crippen molar-refractivity contribution >= 4 is 5.82 Å². The molecule has 1 saturated heterocycles. The lowest BCUT2D eigenvalue weighted by molar-refractivity contribution is 0.189. The van der Waals surface area contributed by atoms with E-state index in [0.717, 1.165) is 57.1 Å². The van der Waals surface area contributed by atoms with E-state index >= 15 is 0 Å². The Balaban J connectivity index is 1.21. The minimum atomic E-state index is 0.545. The Hall–Kier alpha value is -2.02. The first kappa shape index (κ1) is 16.2. The van der Waals surface area contributed by atoms with Gasteiger partial charge in [-0.25, -0.2) is 0 Å². The average molecular weight is 353 g/mol. The van der Waals surface area contributed by atoms with Crippen LogP contribution in [0, 0.1) is 0 Å². The third-order valence-corrected chi connectivity index (χ3v) is 6.19. The van der Waals surface area contributed by atoms with E-state index in [1.165, 1.54) is 42.8 Å². The Bertz CT molecular complexity index is 793. The van der Waals surface area contributed by atoms with Crippen LogP contribution in [0.25, 0.3) is 0 Å². The molecule has 4 heterocycles. The van der Waals surface area contributed by atoms with Crippen molar-refractivity contribution in [2.24, 2.45) is 0 Å². The molecule has 7 heteroatoms. The third-order valence-electron chi connectivity index (χ3n) is 6.19. The summed E-state index contributed by atoms with van der Waals surface area (Å²) < 4.78 is 2.35. The Morgan fingerprint density at radius 2 is 1.92 bits per heavy atom. The van der Waals surface area contributed by atoms with Gasteiger partial charge in [0.2, 0.25) is 0 Å².